The number of nitrogens with one attached hydrogen (secondary N) is 1. The summed E-state index contributed by atoms with van der Waals surface area (Å²) in [6.45, 7) is 3.42. The number of aromatic nitrogens is 1. The van der Waals surface area contributed by atoms with Crippen molar-refractivity contribution in [3.63, 3.8) is 0 Å². The highest BCUT2D eigenvalue weighted by Crippen LogP contribution is 2.23. The Hall–Kier alpha value is -2.82. The average Bonchev–Trinajstić information content (AvgIpc) is 3.19. The van der Waals surface area contributed by atoms with E-state index in [1.54, 1.807) is 24.3 Å². The molecule has 1 fully saturated rings. The standard InChI is InChI=1S/C21H21FN4O3S2/c1-15-14-30-21(23-15)24-20(27)16-3-2-4-19(13-16)31(28,29)26-11-9-25(10-12-26)18-7-5-17(22)6-8-18/h2-8,13-14H,9-12H2,1H3,(H,23,24,27). The Kier molecular flexibility index (Phi) is 6.03. The fourth-order valence-corrected chi connectivity index (χ4v) is 5.52. The molecule has 1 aromatic heterocycles. The molecule has 0 spiro atoms. The Morgan fingerprint density at radius 3 is 2.45 bits per heavy atom. The van der Waals surface area contributed by atoms with Crippen molar-refractivity contribution in [1.29, 1.82) is 0 Å². The molecular weight excluding hydrogens is 439 g/mol. The highest BCUT2D eigenvalue weighted by Gasteiger charge is 2.29. The van der Waals surface area contributed by atoms with E-state index in [0.717, 1.165) is 11.4 Å². The summed E-state index contributed by atoms with van der Waals surface area (Å²) in [4.78, 5) is 18.8. The molecule has 0 unspecified atom stereocenters. The predicted molar refractivity (Wildman–Crippen MR) is 119 cm³/mol. The van der Waals surface area contributed by atoms with Gasteiger partial charge in [0.05, 0.1) is 10.6 Å². The molecule has 1 aliphatic rings. The van der Waals surface area contributed by atoms with Gasteiger partial charge in [-0.3, -0.25) is 10.1 Å². The Bertz CT molecular complexity index is 1190. The summed E-state index contributed by atoms with van der Waals surface area (Å²) in [5.74, 6) is -0.716. The second-order valence-corrected chi connectivity index (χ2v) is 9.94. The summed E-state index contributed by atoms with van der Waals surface area (Å²) >= 11 is 1.31. The summed E-state index contributed by atoms with van der Waals surface area (Å²) in [7, 11) is -3.75. The zero-order valence-corrected chi connectivity index (χ0v) is 18.4. The van der Waals surface area contributed by atoms with Gasteiger partial charge in [0.15, 0.2) is 5.13 Å². The monoisotopic (exact) mass is 460 g/mol. The molecule has 162 valence electrons. The summed E-state index contributed by atoms with van der Waals surface area (Å²) < 4.78 is 40.8. The van der Waals surface area contributed by atoms with Crippen LogP contribution in [0.15, 0.2) is 58.8 Å². The number of rotatable bonds is 5. The number of amides is 1. The molecule has 0 radical (unpaired) electrons. The number of aryl methyl sites for hydroxylation is 1. The molecule has 1 aliphatic heterocycles. The largest absolute Gasteiger partial charge is 0.369 e. The maximum absolute atomic E-state index is 13.1. The minimum absolute atomic E-state index is 0.0747. The highest BCUT2D eigenvalue weighted by atomic mass is 32.2. The predicted octanol–water partition coefficient (Wildman–Crippen LogP) is 3.35. The normalized spacial score (nSPS) is 15.1. The van der Waals surface area contributed by atoms with E-state index in [2.05, 4.69) is 10.3 Å². The molecule has 0 saturated carbocycles. The molecule has 0 aliphatic carbocycles. The van der Waals surface area contributed by atoms with Gasteiger partial charge >= 0.3 is 0 Å². The Labute approximate surface area is 184 Å². The van der Waals surface area contributed by atoms with Crippen molar-refractivity contribution in [2.24, 2.45) is 0 Å². The zero-order chi connectivity index (χ0) is 22.0. The van der Waals surface area contributed by atoms with Gasteiger partial charge in [-0.15, -0.1) is 11.3 Å². The maximum Gasteiger partial charge on any atom is 0.257 e. The summed E-state index contributed by atoms with van der Waals surface area (Å²) in [6, 6.07) is 12.2. The van der Waals surface area contributed by atoms with Crippen LogP contribution in [0.4, 0.5) is 15.2 Å². The van der Waals surface area contributed by atoms with E-state index in [0.29, 0.717) is 31.3 Å². The van der Waals surface area contributed by atoms with E-state index < -0.39 is 15.9 Å². The molecule has 0 atom stereocenters. The van der Waals surface area contributed by atoms with Crippen LogP contribution in [-0.2, 0) is 10.0 Å². The first-order chi connectivity index (χ1) is 14.8. The van der Waals surface area contributed by atoms with Gasteiger partial charge in [0.25, 0.3) is 5.91 Å². The number of hydrogen-bond donors (Lipinski definition) is 1. The molecule has 4 rings (SSSR count). The highest BCUT2D eigenvalue weighted by molar-refractivity contribution is 7.89. The van der Waals surface area contributed by atoms with Crippen molar-refractivity contribution in [2.75, 3.05) is 36.4 Å². The third kappa shape index (κ3) is 4.76. The van der Waals surface area contributed by atoms with Gasteiger partial charge in [-0.2, -0.15) is 4.31 Å². The lowest BCUT2D eigenvalue weighted by Gasteiger charge is -2.35. The fraction of sp³-hybridized carbons (Fsp3) is 0.238. The van der Waals surface area contributed by atoms with Gasteiger partial charge in [-0.05, 0) is 49.4 Å². The second-order valence-electron chi connectivity index (χ2n) is 7.14. The van der Waals surface area contributed by atoms with Crippen molar-refractivity contribution in [1.82, 2.24) is 9.29 Å². The molecule has 31 heavy (non-hydrogen) atoms. The van der Waals surface area contributed by atoms with E-state index in [1.807, 2.05) is 17.2 Å². The van der Waals surface area contributed by atoms with Crippen LogP contribution in [0.25, 0.3) is 0 Å². The van der Waals surface area contributed by atoms with Crippen LogP contribution in [0.1, 0.15) is 16.1 Å². The Morgan fingerprint density at radius 2 is 1.81 bits per heavy atom. The Morgan fingerprint density at radius 1 is 1.10 bits per heavy atom. The number of anilines is 2. The number of sulfonamides is 1. The first kappa shape index (κ1) is 21.4. The number of piperazine rings is 1. The van der Waals surface area contributed by atoms with Gasteiger partial charge in [-0.1, -0.05) is 6.07 Å². The number of hydrogen-bond acceptors (Lipinski definition) is 6. The second kappa shape index (κ2) is 8.74. The molecular formula is C21H21FN4O3S2. The van der Waals surface area contributed by atoms with E-state index >= 15 is 0 Å². The maximum atomic E-state index is 13.1. The van der Waals surface area contributed by atoms with E-state index in [9.17, 15) is 17.6 Å². The third-order valence-corrected chi connectivity index (χ3v) is 7.77. The number of benzene rings is 2. The molecule has 2 aromatic carbocycles. The lowest BCUT2D eigenvalue weighted by molar-refractivity contribution is 0.102. The SMILES string of the molecule is Cc1csc(NC(=O)c2cccc(S(=O)(=O)N3CCN(c4ccc(F)cc4)CC3)c2)n1. The van der Waals surface area contributed by atoms with Crippen molar-refractivity contribution in [3.8, 4) is 0 Å². The first-order valence-corrected chi connectivity index (χ1v) is 12.0. The van der Waals surface area contributed by atoms with Crippen molar-refractivity contribution in [3.05, 3.63) is 71.0 Å². The minimum Gasteiger partial charge on any atom is -0.369 e. The molecule has 1 amide bonds. The molecule has 7 nitrogen and oxygen atoms in total. The van der Waals surface area contributed by atoms with Crippen LogP contribution in [-0.4, -0.2) is 49.8 Å². The number of carbonyl (C=O) groups is 1. The lowest BCUT2D eigenvalue weighted by Crippen LogP contribution is -2.48. The number of nitrogens with zero attached hydrogens (tertiary/aromatic N) is 3. The molecule has 1 N–H and O–H groups in total. The number of halogens is 1. The van der Waals surface area contributed by atoms with Crippen LogP contribution in [0.3, 0.4) is 0 Å². The Balaban J connectivity index is 1.46. The van der Waals surface area contributed by atoms with Crippen LogP contribution < -0.4 is 10.2 Å². The van der Waals surface area contributed by atoms with Crippen LogP contribution in [0, 0.1) is 12.7 Å². The van der Waals surface area contributed by atoms with Gasteiger partial charge < -0.3 is 4.90 Å². The van der Waals surface area contributed by atoms with E-state index in [4.69, 9.17) is 0 Å². The average molecular weight is 461 g/mol. The van der Waals surface area contributed by atoms with Gasteiger partial charge in [-0.25, -0.2) is 17.8 Å². The van der Waals surface area contributed by atoms with Gasteiger partial charge in [0, 0.05) is 42.8 Å². The number of carbonyl (C=O) groups excluding carboxylic acids is 1. The summed E-state index contributed by atoms with van der Waals surface area (Å²) in [6.07, 6.45) is 0. The zero-order valence-electron chi connectivity index (χ0n) is 16.8. The smallest absolute Gasteiger partial charge is 0.257 e. The quantitative estimate of drug-likeness (QED) is 0.631. The van der Waals surface area contributed by atoms with E-state index in [-0.39, 0.29) is 16.3 Å². The molecule has 10 heteroatoms. The van der Waals surface area contributed by atoms with Crippen LogP contribution in [0.5, 0.6) is 0 Å². The molecule has 0 bridgehead atoms. The number of thiazole rings is 1. The van der Waals surface area contributed by atoms with Crippen LogP contribution in [0.2, 0.25) is 0 Å². The summed E-state index contributed by atoms with van der Waals surface area (Å²) in [5, 5.41) is 4.98. The van der Waals surface area contributed by atoms with E-state index in [1.165, 1.54) is 39.9 Å². The van der Waals surface area contributed by atoms with Gasteiger partial charge in [0.1, 0.15) is 5.82 Å². The molecule has 2 heterocycles. The van der Waals surface area contributed by atoms with Crippen molar-refractivity contribution in [2.45, 2.75) is 11.8 Å². The fourth-order valence-electron chi connectivity index (χ4n) is 3.37. The van der Waals surface area contributed by atoms with Crippen molar-refractivity contribution < 1.29 is 17.6 Å². The third-order valence-electron chi connectivity index (χ3n) is 5.00. The minimum atomic E-state index is -3.75. The summed E-state index contributed by atoms with van der Waals surface area (Å²) in [5.41, 5.74) is 1.91. The molecule has 3 aromatic rings. The molecule has 1 saturated heterocycles. The van der Waals surface area contributed by atoms with Crippen molar-refractivity contribution >= 4 is 38.1 Å². The van der Waals surface area contributed by atoms with Gasteiger partial charge in [0.2, 0.25) is 10.0 Å². The first-order valence-electron chi connectivity index (χ1n) is 9.67. The topological polar surface area (TPSA) is 82.6 Å². The lowest BCUT2D eigenvalue weighted by atomic mass is 10.2. The van der Waals surface area contributed by atoms with Crippen LogP contribution >= 0.6 is 11.3 Å².